The molecule has 1 N–H and O–H groups in total. The third-order valence-electron chi connectivity index (χ3n) is 5.20. The van der Waals surface area contributed by atoms with Crippen LogP contribution in [-0.2, 0) is 4.79 Å². The van der Waals surface area contributed by atoms with Gasteiger partial charge in [0, 0.05) is 45.3 Å². The Labute approximate surface area is 159 Å². The highest BCUT2D eigenvalue weighted by molar-refractivity contribution is 5.72. The highest BCUT2D eigenvalue weighted by Gasteiger charge is 2.27. The Hall–Kier alpha value is -2.73. The van der Waals surface area contributed by atoms with Gasteiger partial charge in [-0.3, -0.25) is 9.69 Å². The summed E-state index contributed by atoms with van der Waals surface area (Å²) in [4.78, 5) is 16.3. The van der Waals surface area contributed by atoms with Gasteiger partial charge in [0.05, 0.1) is 6.04 Å². The second kappa shape index (κ2) is 7.88. The van der Waals surface area contributed by atoms with E-state index >= 15 is 0 Å². The topological polar surface area (TPSA) is 54.0 Å². The summed E-state index contributed by atoms with van der Waals surface area (Å²) < 4.78 is 11.0. The molecule has 1 amide bonds. The predicted octanol–water partition coefficient (Wildman–Crippen LogP) is 2.41. The Morgan fingerprint density at radius 2 is 1.78 bits per heavy atom. The van der Waals surface area contributed by atoms with Gasteiger partial charge in [-0.15, -0.1) is 0 Å². The molecule has 0 unspecified atom stereocenters. The second-order valence-corrected chi connectivity index (χ2v) is 6.92. The molecular weight excluding hydrogens is 342 g/mol. The minimum Gasteiger partial charge on any atom is -0.454 e. The normalized spacial score (nSPS) is 17.6. The quantitative estimate of drug-likeness (QED) is 0.880. The van der Waals surface area contributed by atoms with E-state index in [4.69, 9.17) is 9.47 Å². The molecule has 6 nitrogen and oxygen atoms in total. The number of fused-ring (bicyclic) bond motifs is 1. The van der Waals surface area contributed by atoms with Crippen LogP contribution in [0, 0.1) is 0 Å². The lowest BCUT2D eigenvalue weighted by Crippen LogP contribution is -2.49. The van der Waals surface area contributed by atoms with Gasteiger partial charge in [-0.25, -0.2) is 0 Å². The summed E-state index contributed by atoms with van der Waals surface area (Å²) in [6, 6.07) is 16.7. The number of nitrogens with one attached hydrogen (secondary N) is 1. The number of anilines is 1. The molecule has 1 saturated heterocycles. The Morgan fingerprint density at radius 1 is 1.04 bits per heavy atom. The zero-order valence-electron chi connectivity index (χ0n) is 15.6. The first-order chi connectivity index (χ1) is 13.2. The highest BCUT2D eigenvalue weighted by atomic mass is 16.7. The molecule has 2 aromatic carbocycles. The fourth-order valence-electron chi connectivity index (χ4n) is 3.75. The van der Waals surface area contributed by atoms with Gasteiger partial charge < -0.3 is 19.7 Å². The molecule has 4 rings (SSSR count). The number of benzene rings is 2. The molecule has 27 heavy (non-hydrogen) atoms. The van der Waals surface area contributed by atoms with Crippen molar-refractivity contribution in [1.82, 2.24) is 10.2 Å². The maximum Gasteiger partial charge on any atom is 0.231 e. The van der Waals surface area contributed by atoms with Crippen LogP contribution in [0.1, 0.15) is 18.5 Å². The molecule has 2 aromatic rings. The van der Waals surface area contributed by atoms with Crippen LogP contribution in [0.3, 0.4) is 0 Å². The number of carbonyl (C=O) groups excluding carboxylic acids is 1. The summed E-state index contributed by atoms with van der Waals surface area (Å²) >= 11 is 0. The van der Waals surface area contributed by atoms with E-state index in [2.05, 4.69) is 45.4 Å². The highest BCUT2D eigenvalue weighted by Crippen LogP contribution is 2.35. The Morgan fingerprint density at radius 3 is 2.52 bits per heavy atom. The van der Waals surface area contributed by atoms with Gasteiger partial charge in [0.15, 0.2) is 11.5 Å². The average molecular weight is 367 g/mol. The van der Waals surface area contributed by atoms with E-state index in [0.717, 1.165) is 43.2 Å². The number of ether oxygens (including phenoxy) is 2. The minimum absolute atomic E-state index is 0.0105. The van der Waals surface area contributed by atoms with E-state index in [9.17, 15) is 4.79 Å². The van der Waals surface area contributed by atoms with E-state index in [0.29, 0.717) is 6.54 Å². The van der Waals surface area contributed by atoms with Crippen LogP contribution in [0.5, 0.6) is 11.5 Å². The van der Waals surface area contributed by atoms with E-state index in [1.165, 1.54) is 5.69 Å². The summed E-state index contributed by atoms with van der Waals surface area (Å²) in [7, 11) is 0. The average Bonchev–Trinajstić information content (AvgIpc) is 3.17. The Bertz CT molecular complexity index is 789. The fraction of sp³-hybridized carbons (Fsp3) is 0.381. The number of piperazine rings is 1. The summed E-state index contributed by atoms with van der Waals surface area (Å²) in [5.74, 6) is 1.55. The molecule has 2 aliphatic rings. The van der Waals surface area contributed by atoms with Crippen molar-refractivity contribution in [3.05, 3.63) is 54.1 Å². The van der Waals surface area contributed by atoms with Crippen molar-refractivity contribution in [3.8, 4) is 11.5 Å². The predicted molar refractivity (Wildman–Crippen MR) is 104 cm³/mol. The van der Waals surface area contributed by atoms with Crippen LogP contribution >= 0.6 is 0 Å². The smallest absolute Gasteiger partial charge is 0.231 e. The number of nitrogens with zero attached hydrogens (tertiary/aromatic N) is 2. The summed E-state index contributed by atoms with van der Waals surface area (Å²) in [5.41, 5.74) is 2.40. The van der Waals surface area contributed by atoms with Crippen LogP contribution < -0.4 is 19.7 Å². The Balaban J connectivity index is 1.49. The number of hydrogen-bond donors (Lipinski definition) is 1. The van der Waals surface area contributed by atoms with Gasteiger partial charge in [-0.05, 0) is 29.8 Å². The van der Waals surface area contributed by atoms with E-state index < -0.39 is 0 Å². The zero-order valence-corrected chi connectivity index (χ0v) is 15.6. The lowest BCUT2D eigenvalue weighted by molar-refractivity contribution is -0.119. The molecule has 0 aromatic heterocycles. The lowest BCUT2D eigenvalue weighted by Gasteiger charge is -2.40. The van der Waals surface area contributed by atoms with Crippen molar-refractivity contribution in [2.45, 2.75) is 13.0 Å². The van der Waals surface area contributed by atoms with Crippen LogP contribution in [0.4, 0.5) is 5.69 Å². The van der Waals surface area contributed by atoms with Crippen molar-refractivity contribution in [3.63, 3.8) is 0 Å². The minimum atomic E-state index is -0.0105. The maximum absolute atomic E-state index is 11.5. The maximum atomic E-state index is 11.5. The van der Waals surface area contributed by atoms with Crippen LogP contribution in [0.2, 0.25) is 0 Å². The van der Waals surface area contributed by atoms with Gasteiger partial charge in [-0.2, -0.15) is 0 Å². The van der Waals surface area contributed by atoms with Crippen LogP contribution in [0.15, 0.2) is 48.5 Å². The molecule has 6 heteroatoms. The van der Waals surface area contributed by atoms with E-state index in [1.807, 2.05) is 18.2 Å². The molecule has 0 saturated carbocycles. The molecule has 0 spiro atoms. The fourth-order valence-corrected chi connectivity index (χ4v) is 3.75. The summed E-state index contributed by atoms with van der Waals surface area (Å²) in [5, 5.41) is 2.99. The largest absolute Gasteiger partial charge is 0.454 e. The van der Waals surface area contributed by atoms with Crippen LogP contribution in [-0.4, -0.2) is 50.3 Å². The summed E-state index contributed by atoms with van der Waals surface area (Å²) in [6.45, 7) is 6.21. The third kappa shape index (κ3) is 4.01. The summed E-state index contributed by atoms with van der Waals surface area (Å²) in [6.07, 6.45) is 0. The number of rotatable bonds is 5. The molecule has 1 fully saturated rings. The molecular formula is C21H25N3O3. The lowest BCUT2D eigenvalue weighted by atomic mass is 10.0. The molecule has 0 bridgehead atoms. The monoisotopic (exact) mass is 367 g/mol. The number of para-hydroxylation sites is 1. The van der Waals surface area contributed by atoms with Crippen molar-refractivity contribution < 1.29 is 14.3 Å². The third-order valence-corrected chi connectivity index (χ3v) is 5.20. The first-order valence-corrected chi connectivity index (χ1v) is 9.39. The van der Waals surface area contributed by atoms with E-state index in [-0.39, 0.29) is 18.7 Å². The molecule has 0 aliphatic carbocycles. The zero-order chi connectivity index (χ0) is 18.6. The van der Waals surface area contributed by atoms with Gasteiger partial charge in [-0.1, -0.05) is 24.3 Å². The van der Waals surface area contributed by atoms with Crippen molar-refractivity contribution in [1.29, 1.82) is 0 Å². The Kier molecular flexibility index (Phi) is 5.16. The standard InChI is InChI=1S/C21H25N3O3/c1-16(25)22-14-19(17-7-8-20-21(13-17)27-15-26-20)24-11-9-23(10-12-24)18-5-3-2-4-6-18/h2-8,13,19H,9-12,14-15H2,1H3,(H,22,25)/t19-/m0/s1. The number of amides is 1. The van der Waals surface area contributed by atoms with Crippen molar-refractivity contribution >= 4 is 11.6 Å². The van der Waals surface area contributed by atoms with Gasteiger partial charge in [0.2, 0.25) is 12.7 Å². The number of carbonyl (C=O) groups is 1. The van der Waals surface area contributed by atoms with Gasteiger partial charge in [0.1, 0.15) is 0 Å². The van der Waals surface area contributed by atoms with Gasteiger partial charge >= 0.3 is 0 Å². The van der Waals surface area contributed by atoms with Crippen LogP contribution in [0.25, 0.3) is 0 Å². The molecule has 0 radical (unpaired) electrons. The van der Waals surface area contributed by atoms with Crippen molar-refractivity contribution in [2.24, 2.45) is 0 Å². The first kappa shape index (κ1) is 17.7. The number of hydrogen-bond acceptors (Lipinski definition) is 5. The molecule has 142 valence electrons. The van der Waals surface area contributed by atoms with Crippen molar-refractivity contribution in [2.75, 3.05) is 44.4 Å². The molecule has 1 atom stereocenters. The van der Waals surface area contributed by atoms with E-state index in [1.54, 1.807) is 6.92 Å². The second-order valence-electron chi connectivity index (χ2n) is 6.92. The molecule has 2 heterocycles. The van der Waals surface area contributed by atoms with Gasteiger partial charge in [0.25, 0.3) is 0 Å². The first-order valence-electron chi connectivity index (χ1n) is 9.39. The SMILES string of the molecule is CC(=O)NC[C@@H](c1ccc2c(c1)OCO2)N1CCN(c2ccccc2)CC1. The molecule has 2 aliphatic heterocycles.